The van der Waals surface area contributed by atoms with Crippen LogP contribution >= 0.6 is 34.3 Å². The zero-order valence-electron chi connectivity index (χ0n) is 15.6. The van der Waals surface area contributed by atoms with Crippen LogP contribution in [-0.4, -0.2) is 43.3 Å². The average molecular weight is 431 g/mol. The van der Waals surface area contributed by atoms with Crippen molar-refractivity contribution in [3.8, 4) is 5.75 Å². The van der Waals surface area contributed by atoms with E-state index in [1.165, 1.54) is 10.3 Å². The second kappa shape index (κ2) is 7.06. The first-order chi connectivity index (χ1) is 13.6. The summed E-state index contributed by atoms with van der Waals surface area (Å²) >= 11 is 9.80. The second-order valence-corrected chi connectivity index (χ2v) is 9.24. The van der Waals surface area contributed by atoms with Crippen molar-refractivity contribution in [1.29, 1.82) is 0 Å². The van der Waals surface area contributed by atoms with Crippen LogP contribution in [0.25, 0.3) is 20.4 Å². The van der Waals surface area contributed by atoms with Gasteiger partial charge in [0, 0.05) is 32.2 Å². The van der Waals surface area contributed by atoms with E-state index in [9.17, 15) is 0 Å². The monoisotopic (exact) mass is 430 g/mol. The first-order valence-corrected chi connectivity index (χ1v) is 11.1. The minimum absolute atomic E-state index is 0.785. The molecule has 1 aliphatic heterocycles. The summed E-state index contributed by atoms with van der Waals surface area (Å²) in [7, 11) is 1.68. The standard InChI is InChI=1S/C20H19ClN4OS2/c1-12-3-5-14(21)18-17(12)23-20(28-18)25-9-7-24(8-10-25)19-22-15-11-13(26-2)4-6-16(15)27-19/h3-6,11H,7-10H2,1-2H3. The summed E-state index contributed by atoms with van der Waals surface area (Å²) in [5.74, 6) is 0.846. The molecule has 0 unspecified atom stereocenters. The van der Waals surface area contributed by atoms with Crippen molar-refractivity contribution in [3.63, 3.8) is 0 Å². The number of aryl methyl sites for hydroxylation is 1. The van der Waals surface area contributed by atoms with Gasteiger partial charge in [0.2, 0.25) is 0 Å². The molecule has 2 aromatic heterocycles. The summed E-state index contributed by atoms with van der Waals surface area (Å²) in [6, 6.07) is 10.1. The van der Waals surface area contributed by atoms with Gasteiger partial charge >= 0.3 is 0 Å². The lowest BCUT2D eigenvalue weighted by Gasteiger charge is -2.34. The Bertz CT molecular complexity index is 1120. The van der Waals surface area contributed by atoms with Crippen molar-refractivity contribution in [2.24, 2.45) is 0 Å². The molecule has 5 nitrogen and oxygen atoms in total. The number of benzene rings is 2. The smallest absolute Gasteiger partial charge is 0.186 e. The Morgan fingerprint density at radius 1 is 0.964 bits per heavy atom. The molecule has 8 heteroatoms. The lowest BCUT2D eigenvalue weighted by atomic mass is 10.2. The number of hydrogen-bond donors (Lipinski definition) is 0. The van der Waals surface area contributed by atoms with E-state index in [1.54, 1.807) is 29.8 Å². The van der Waals surface area contributed by atoms with Crippen LogP contribution in [0.5, 0.6) is 5.75 Å². The van der Waals surface area contributed by atoms with Crippen molar-refractivity contribution in [2.75, 3.05) is 43.1 Å². The fraction of sp³-hybridized carbons (Fsp3) is 0.300. The molecule has 0 aliphatic carbocycles. The fourth-order valence-electron chi connectivity index (χ4n) is 3.47. The second-order valence-electron chi connectivity index (χ2n) is 6.84. The maximum Gasteiger partial charge on any atom is 0.186 e. The van der Waals surface area contributed by atoms with Gasteiger partial charge in [-0.25, -0.2) is 9.97 Å². The number of anilines is 2. The molecule has 28 heavy (non-hydrogen) atoms. The zero-order valence-corrected chi connectivity index (χ0v) is 18.0. The molecular weight excluding hydrogens is 412 g/mol. The maximum atomic E-state index is 6.37. The molecule has 2 aromatic carbocycles. The third-order valence-electron chi connectivity index (χ3n) is 5.09. The van der Waals surface area contributed by atoms with Gasteiger partial charge in [0.1, 0.15) is 5.75 Å². The molecule has 144 valence electrons. The highest BCUT2D eigenvalue weighted by atomic mass is 35.5. The molecule has 4 aromatic rings. The van der Waals surface area contributed by atoms with E-state index in [0.29, 0.717) is 0 Å². The predicted molar refractivity (Wildman–Crippen MR) is 120 cm³/mol. The largest absolute Gasteiger partial charge is 0.497 e. The minimum Gasteiger partial charge on any atom is -0.497 e. The zero-order chi connectivity index (χ0) is 19.3. The quantitative estimate of drug-likeness (QED) is 0.446. The summed E-state index contributed by atoms with van der Waals surface area (Å²) in [4.78, 5) is 14.4. The van der Waals surface area contributed by atoms with E-state index in [2.05, 4.69) is 22.8 Å². The van der Waals surface area contributed by atoms with Gasteiger partial charge < -0.3 is 14.5 Å². The molecule has 0 atom stereocenters. The van der Waals surface area contributed by atoms with E-state index in [1.807, 2.05) is 24.3 Å². The molecule has 5 rings (SSSR count). The van der Waals surface area contributed by atoms with E-state index >= 15 is 0 Å². The first kappa shape index (κ1) is 18.0. The summed E-state index contributed by atoms with van der Waals surface area (Å²) in [6.45, 7) is 5.80. The lowest BCUT2D eigenvalue weighted by Crippen LogP contribution is -2.46. The van der Waals surface area contributed by atoms with Gasteiger partial charge in [-0.1, -0.05) is 40.3 Å². The van der Waals surface area contributed by atoms with Gasteiger partial charge in [0.15, 0.2) is 10.3 Å². The van der Waals surface area contributed by atoms with Crippen molar-refractivity contribution >= 4 is 65.0 Å². The van der Waals surface area contributed by atoms with Crippen molar-refractivity contribution in [2.45, 2.75) is 6.92 Å². The highest BCUT2D eigenvalue weighted by Crippen LogP contribution is 2.37. The topological polar surface area (TPSA) is 41.5 Å². The van der Waals surface area contributed by atoms with Gasteiger partial charge in [-0.3, -0.25) is 0 Å². The SMILES string of the molecule is COc1ccc2sc(N3CCN(c4nc5c(C)ccc(Cl)c5s4)CC3)nc2c1. The first-order valence-electron chi connectivity index (χ1n) is 9.12. The maximum absolute atomic E-state index is 6.37. The number of nitrogens with zero attached hydrogens (tertiary/aromatic N) is 4. The molecule has 1 aliphatic rings. The van der Waals surface area contributed by atoms with E-state index < -0.39 is 0 Å². The van der Waals surface area contributed by atoms with Crippen LogP contribution in [0.15, 0.2) is 30.3 Å². The van der Waals surface area contributed by atoms with E-state index in [-0.39, 0.29) is 0 Å². The molecule has 0 saturated carbocycles. The number of aromatic nitrogens is 2. The van der Waals surface area contributed by atoms with Gasteiger partial charge in [-0.2, -0.15) is 0 Å². The van der Waals surface area contributed by atoms with Crippen LogP contribution in [-0.2, 0) is 0 Å². The van der Waals surface area contributed by atoms with Crippen molar-refractivity contribution in [1.82, 2.24) is 9.97 Å². The van der Waals surface area contributed by atoms with E-state index in [4.69, 9.17) is 26.3 Å². The number of methoxy groups -OCH3 is 1. The molecule has 1 fully saturated rings. The van der Waals surface area contributed by atoms with Crippen LogP contribution in [0.2, 0.25) is 5.02 Å². The van der Waals surface area contributed by atoms with Crippen LogP contribution in [0.1, 0.15) is 5.56 Å². The number of thiazole rings is 2. The normalized spacial score (nSPS) is 15.0. The molecule has 3 heterocycles. The fourth-order valence-corrected chi connectivity index (χ4v) is 5.84. The van der Waals surface area contributed by atoms with Crippen molar-refractivity contribution < 1.29 is 4.74 Å². The molecule has 0 bridgehead atoms. The van der Waals surface area contributed by atoms with Crippen LogP contribution in [0.4, 0.5) is 10.3 Å². The Balaban J connectivity index is 1.35. The third-order valence-corrected chi connectivity index (χ3v) is 7.76. The molecule has 1 saturated heterocycles. The Morgan fingerprint density at radius 3 is 2.36 bits per heavy atom. The van der Waals surface area contributed by atoms with Gasteiger partial charge in [-0.05, 0) is 30.7 Å². The predicted octanol–water partition coefficient (Wildman–Crippen LogP) is 5.20. The lowest BCUT2D eigenvalue weighted by molar-refractivity contribution is 0.415. The van der Waals surface area contributed by atoms with E-state index in [0.717, 1.165) is 62.9 Å². The number of hydrogen-bond acceptors (Lipinski definition) is 7. The van der Waals surface area contributed by atoms with Gasteiger partial charge in [0.25, 0.3) is 0 Å². The average Bonchev–Trinajstić information content (AvgIpc) is 3.35. The Morgan fingerprint density at radius 2 is 1.68 bits per heavy atom. The van der Waals surface area contributed by atoms with Gasteiger partial charge in [0.05, 0.1) is 32.6 Å². The van der Waals surface area contributed by atoms with Crippen LogP contribution in [0.3, 0.4) is 0 Å². The summed E-state index contributed by atoms with van der Waals surface area (Å²) < 4.78 is 7.58. The van der Waals surface area contributed by atoms with Crippen LogP contribution < -0.4 is 14.5 Å². The summed E-state index contributed by atoms with van der Waals surface area (Å²) in [5.41, 5.74) is 3.19. The highest BCUT2D eigenvalue weighted by molar-refractivity contribution is 7.23. The van der Waals surface area contributed by atoms with Crippen LogP contribution in [0, 0.1) is 6.92 Å². The number of ether oxygens (including phenoxy) is 1. The Kier molecular flexibility index (Phi) is 4.53. The molecule has 0 N–H and O–H groups in total. The number of halogens is 1. The third kappa shape index (κ3) is 3.07. The molecular formula is C20H19ClN4OS2. The van der Waals surface area contributed by atoms with Crippen molar-refractivity contribution in [3.05, 3.63) is 40.9 Å². The number of piperazine rings is 1. The van der Waals surface area contributed by atoms with Gasteiger partial charge in [-0.15, -0.1) is 0 Å². The molecule has 0 radical (unpaired) electrons. The Labute approximate surface area is 176 Å². The molecule has 0 amide bonds. The number of fused-ring (bicyclic) bond motifs is 2. The summed E-state index contributed by atoms with van der Waals surface area (Å²) in [6.07, 6.45) is 0. The Hall–Kier alpha value is -2.09. The minimum atomic E-state index is 0.785. The molecule has 0 spiro atoms. The summed E-state index contributed by atoms with van der Waals surface area (Å²) in [5, 5.41) is 2.92. The highest BCUT2D eigenvalue weighted by Gasteiger charge is 2.23. The number of rotatable bonds is 3.